The molecule has 0 heterocycles. The Bertz CT molecular complexity index is 1240. The summed E-state index contributed by atoms with van der Waals surface area (Å²) in [5.74, 6) is -0.924. The van der Waals surface area contributed by atoms with E-state index in [0.29, 0.717) is 19.3 Å². The van der Waals surface area contributed by atoms with E-state index >= 15 is 0 Å². The predicted molar refractivity (Wildman–Crippen MR) is 270 cm³/mol. The lowest BCUT2D eigenvalue weighted by molar-refractivity contribution is -0.167. The maximum absolute atomic E-state index is 12.7. The quantitative estimate of drug-likeness (QED) is 0.0262. The fraction of sp³-hybridized carbons (Fsp3) is 0.702. The van der Waals surface area contributed by atoms with Crippen LogP contribution in [0.4, 0.5) is 0 Å². The fourth-order valence-electron chi connectivity index (χ4n) is 6.97. The predicted octanol–water partition coefficient (Wildman–Crippen LogP) is 17.2. The number of unbranched alkanes of at least 4 members (excludes halogenated alkanes) is 21. The Morgan fingerprint density at radius 1 is 0.333 bits per heavy atom. The van der Waals surface area contributed by atoms with Crippen LogP contribution in [0.3, 0.4) is 0 Å². The molecule has 0 N–H and O–H groups in total. The average molecular weight is 877 g/mol. The van der Waals surface area contributed by atoms with E-state index in [1.54, 1.807) is 0 Å². The van der Waals surface area contributed by atoms with Crippen molar-refractivity contribution in [3.63, 3.8) is 0 Å². The number of rotatable bonds is 46. The van der Waals surface area contributed by atoms with Crippen LogP contribution < -0.4 is 0 Å². The second kappa shape index (κ2) is 51.2. The van der Waals surface area contributed by atoms with Gasteiger partial charge in [0.15, 0.2) is 6.10 Å². The van der Waals surface area contributed by atoms with Crippen molar-refractivity contribution >= 4 is 17.9 Å². The van der Waals surface area contributed by atoms with Gasteiger partial charge >= 0.3 is 17.9 Å². The largest absolute Gasteiger partial charge is 0.462 e. The lowest BCUT2D eigenvalue weighted by atomic mass is 10.1. The summed E-state index contributed by atoms with van der Waals surface area (Å²) >= 11 is 0. The van der Waals surface area contributed by atoms with E-state index in [-0.39, 0.29) is 31.1 Å². The highest BCUT2D eigenvalue weighted by Crippen LogP contribution is 2.13. The minimum atomic E-state index is -0.783. The number of carbonyl (C=O) groups is 3. The zero-order valence-corrected chi connectivity index (χ0v) is 41.1. The Morgan fingerprint density at radius 3 is 0.984 bits per heavy atom. The van der Waals surface area contributed by atoms with Crippen LogP contribution in [0.5, 0.6) is 0 Å². The van der Waals surface area contributed by atoms with Gasteiger partial charge in [-0.05, 0) is 96.3 Å². The van der Waals surface area contributed by atoms with Gasteiger partial charge in [-0.3, -0.25) is 14.4 Å². The number of esters is 3. The van der Waals surface area contributed by atoms with Crippen molar-refractivity contribution in [2.75, 3.05) is 13.2 Å². The van der Waals surface area contributed by atoms with Crippen molar-refractivity contribution in [3.05, 3.63) is 85.1 Å². The van der Waals surface area contributed by atoms with Crippen molar-refractivity contribution in [3.8, 4) is 0 Å². The highest BCUT2D eigenvalue weighted by molar-refractivity contribution is 5.71. The summed E-state index contributed by atoms with van der Waals surface area (Å²) in [5, 5.41) is 0. The molecule has 0 amide bonds. The molecule has 6 nitrogen and oxygen atoms in total. The highest BCUT2D eigenvalue weighted by atomic mass is 16.6. The van der Waals surface area contributed by atoms with E-state index in [2.05, 4.69) is 106 Å². The van der Waals surface area contributed by atoms with Crippen molar-refractivity contribution in [1.29, 1.82) is 0 Å². The molecule has 0 aliphatic carbocycles. The van der Waals surface area contributed by atoms with Gasteiger partial charge in [0.25, 0.3) is 0 Å². The van der Waals surface area contributed by atoms with Crippen molar-refractivity contribution < 1.29 is 28.6 Å². The van der Waals surface area contributed by atoms with Gasteiger partial charge in [0.05, 0.1) is 0 Å². The average Bonchev–Trinajstić information content (AvgIpc) is 3.28. The monoisotopic (exact) mass is 877 g/mol. The van der Waals surface area contributed by atoms with Gasteiger partial charge in [-0.1, -0.05) is 209 Å². The molecule has 0 fully saturated rings. The van der Waals surface area contributed by atoms with E-state index in [9.17, 15) is 14.4 Å². The Morgan fingerprint density at radius 2 is 0.619 bits per heavy atom. The zero-order valence-electron chi connectivity index (χ0n) is 41.1. The molecular weight excluding hydrogens is 781 g/mol. The van der Waals surface area contributed by atoms with E-state index in [4.69, 9.17) is 14.2 Å². The summed E-state index contributed by atoms with van der Waals surface area (Å²) in [7, 11) is 0. The van der Waals surface area contributed by atoms with Crippen LogP contribution in [-0.4, -0.2) is 37.2 Å². The number of ether oxygens (including phenoxy) is 3. The maximum Gasteiger partial charge on any atom is 0.306 e. The van der Waals surface area contributed by atoms with Crippen molar-refractivity contribution in [1.82, 2.24) is 0 Å². The molecule has 0 rings (SSSR count). The molecule has 6 heteroatoms. The molecule has 0 bridgehead atoms. The van der Waals surface area contributed by atoms with E-state index in [1.165, 1.54) is 70.6 Å². The first-order valence-corrected chi connectivity index (χ1v) is 26.1. The minimum Gasteiger partial charge on any atom is -0.462 e. The van der Waals surface area contributed by atoms with E-state index in [0.717, 1.165) is 128 Å². The normalized spacial score (nSPS) is 12.7. The van der Waals surface area contributed by atoms with Crippen LogP contribution in [0.1, 0.15) is 239 Å². The van der Waals surface area contributed by atoms with Crippen molar-refractivity contribution in [2.24, 2.45) is 0 Å². The van der Waals surface area contributed by atoms with Crippen LogP contribution in [-0.2, 0) is 28.6 Å². The van der Waals surface area contributed by atoms with Crippen LogP contribution in [0, 0.1) is 0 Å². The first kappa shape index (κ1) is 59.6. The van der Waals surface area contributed by atoms with Gasteiger partial charge in [-0.2, -0.15) is 0 Å². The summed E-state index contributed by atoms with van der Waals surface area (Å²) in [6.07, 6.45) is 66.0. The van der Waals surface area contributed by atoms with Gasteiger partial charge in [0.1, 0.15) is 13.2 Å². The third kappa shape index (κ3) is 49.5. The summed E-state index contributed by atoms with van der Waals surface area (Å²) in [4.78, 5) is 37.7. The first-order chi connectivity index (χ1) is 31.0. The third-order valence-electron chi connectivity index (χ3n) is 10.9. The molecule has 0 radical (unpaired) electrons. The maximum atomic E-state index is 12.7. The molecule has 0 aromatic heterocycles. The van der Waals surface area contributed by atoms with Crippen LogP contribution in [0.25, 0.3) is 0 Å². The third-order valence-corrected chi connectivity index (χ3v) is 10.9. The van der Waals surface area contributed by atoms with Gasteiger partial charge in [0, 0.05) is 19.3 Å². The van der Waals surface area contributed by atoms with Crippen LogP contribution >= 0.6 is 0 Å². The highest BCUT2D eigenvalue weighted by Gasteiger charge is 2.19. The molecule has 0 saturated heterocycles. The molecule has 0 aromatic carbocycles. The van der Waals surface area contributed by atoms with Gasteiger partial charge in [-0.25, -0.2) is 0 Å². The Labute approximate surface area is 388 Å². The number of hydrogen-bond acceptors (Lipinski definition) is 6. The Hall–Kier alpha value is -3.41. The summed E-state index contributed by atoms with van der Waals surface area (Å²) in [6, 6.07) is 0. The number of hydrogen-bond donors (Lipinski definition) is 0. The number of allylic oxidation sites excluding steroid dienone is 14. The minimum absolute atomic E-state index is 0.0856. The first-order valence-electron chi connectivity index (χ1n) is 26.1. The standard InChI is InChI=1S/C57H96O6/c1-4-7-10-13-15-17-19-21-23-24-25-26-27-28-29-30-31-32-34-35-37-39-41-44-47-50-56(59)62-53-54(52-61-55(58)49-46-43-12-9-6-3)63-57(60)51-48-45-42-40-38-36-33-22-20-18-16-14-11-8-5-2/h7,10,15,17,21-23,25-26,28-29,31-33,54H,4-6,8-9,11-14,16,18-20,24,27,30,34-53H2,1-3H3/b10-7-,17-15-,23-21-,26-25-,29-28-,32-31-,33-22-. The summed E-state index contributed by atoms with van der Waals surface area (Å²) in [5.41, 5.74) is 0. The molecule has 1 atom stereocenters. The zero-order chi connectivity index (χ0) is 45.8. The molecule has 63 heavy (non-hydrogen) atoms. The molecule has 0 saturated carbocycles. The summed E-state index contributed by atoms with van der Waals surface area (Å²) in [6.45, 7) is 6.41. The van der Waals surface area contributed by atoms with E-state index < -0.39 is 6.10 Å². The van der Waals surface area contributed by atoms with E-state index in [1.807, 2.05) is 0 Å². The lowest BCUT2D eigenvalue weighted by Crippen LogP contribution is -2.30. The molecule has 360 valence electrons. The van der Waals surface area contributed by atoms with Gasteiger partial charge in [-0.15, -0.1) is 0 Å². The van der Waals surface area contributed by atoms with Gasteiger partial charge in [0.2, 0.25) is 0 Å². The smallest absolute Gasteiger partial charge is 0.306 e. The lowest BCUT2D eigenvalue weighted by Gasteiger charge is -2.18. The van der Waals surface area contributed by atoms with Gasteiger partial charge < -0.3 is 14.2 Å². The summed E-state index contributed by atoms with van der Waals surface area (Å²) < 4.78 is 16.6. The van der Waals surface area contributed by atoms with Crippen molar-refractivity contribution in [2.45, 2.75) is 245 Å². The van der Waals surface area contributed by atoms with Crippen LogP contribution in [0.15, 0.2) is 85.1 Å². The second-order valence-electron chi connectivity index (χ2n) is 17.1. The molecule has 0 aromatic rings. The number of carbonyl (C=O) groups excluding carboxylic acids is 3. The topological polar surface area (TPSA) is 78.9 Å². The molecule has 0 aliphatic heterocycles. The molecule has 1 unspecified atom stereocenters. The molecule has 0 aliphatic rings. The Balaban J connectivity index is 4.18. The Kier molecular flexibility index (Phi) is 48.5. The SMILES string of the molecule is CC/C=C\C/C=C\C/C=C\C/C=C\C/C=C\C/C=C\CCCCCCCCC(=O)OCC(COC(=O)CCCCCCC)OC(=O)CCCCCCC/C=C\CCCCCCCC. The molecule has 0 spiro atoms. The second-order valence-corrected chi connectivity index (χ2v) is 17.1. The van der Waals surface area contributed by atoms with Crippen LogP contribution in [0.2, 0.25) is 0 Å². The fourth-order valence-corrected chi connectivity index (χ4v) is 6.97. The molecular formula is C57H96O6.